The minimum Gasteiger partial charge on any atom is -0.485 e. The van der Waals surface area contributed by atoms with Crippen molar-refractivity contribution in [3.63, 3.8) is 0 Å². The van der Waals surface area contributed by atoms with Gasteiger partial charge in [0.25, 0.3) is 5.91 Å². The topological polar surface area (TPSA) is 98.8 Å². The Morgan fingerprint density at radius 1 is 1.13 bits per heavy atom. The van der Waals surface area contributed by atoms with Crippen molar-refractivity contribution in [3.8, 4) is 22.8 Å². The highest BCUT2D eigenvalue weighted by Crippen LogP contribution is 2.37. The fraction of sp³-hybridized carbons (Fsp3) is 0.227. The first-order valence-corrected chi connectivity index (χ1v) is 10.6. The van der Waals surface area contributed by atoms with Crippen LogP contribution >= 0.6 is 11.3 Å². The second-order valence-corrected chi connectivity index (χ2v) is 7.76. The molecule has 2 heterocycles. The van der Waals surface area contributed by atoms with E-state index < -0.39 is 12.2 Å². The highest BCUT2D eigenvalue weighted by molar-refractivity contribution is 7.20. The summed E-state index contributed by atoms with van der Waals surface area (Å²) in [6.07, 6.45) is -1.40. The standard InChI is InChI=1S/C22H21N3O5S/c1-3-28-22(27)25-20-18(14-10-8-13(2)9-11-14)23-21(31-20)24-19(26)17-12-29-15-6-4-5-7-16(15)30-17/h4-11,17H,3,12H2,1-2H3,(H,25,27)(H,23,24,26)/t17-/m1/s1. The molecule has 0 aliphatic carbocycles. The lowest BCUT2D eigenvalue weighted by molar-refractivity contribution is -0.125. The van der Waals surface area contributed by atoms with Gasteiger partial charge in [0.15, 0.2) is 16.6 Å². The van der Waals surface area contributed by atoms with Crippen LogP contribution in [0, 0.1) is 6.92 Å². The maximum Gasteiger partial charge on any atom is 0.412 e. The van der Waals surface area contributed by atoms with Gasteiger partial charge >= 0.3 is 6.09 Å². The highest BCUT2D eigenvalue weighted by Gasteiger charge is 2.28. The van der Waals surface area contributed by atoms with Gasteiger partial charge in [0.2, 0.25) is 6.10 Å². The van der Waals surface area contributed by atoms with Crippen molar-refractivity contribution in [2.45, 2.75) is 20.0 Å². The molecule has 31 heavy (non-hydrogen) atoms. The molecule has 8 nitrogen and oxygen atoms in total. The second kappa shape index (κ2) is 9.05. The second-order valence-electron chi connectivity index (χ2n) is 6.76. The zero-order valence-electron chi connectivity index (χ0n) is 17.0. The third-order valence-electron chi connectivity index (χ3n) is 4.47. The van der Waals surface area contributed by atoms with Crippen molar-refractivity contribution in [2.75, 3.05) is 23.8 Å². The largest absolute Gasteiger partial charge is 0.485 e. The van der Waals surface area contributed by atoms with Gasteiger partial charge in [-0.05, 0) is 26.0 Å². The molecule has 0 unspecified atom stereocenters. The summed E-state index contributed by atoms with van der Waals surface area (Å²) in [4.78, 5) is 29.2. The van der Waals surface area contributed by atoms with Gasteiger partial charge in [-0.1, -0.05) is 53.3 Å². The Kier molecular flexibility index (Phi) is 6.03. The van der Waals surface area contributed by atoms with Crippen molar-refractivity contribution >= 4 is 33.5 Å². The monoisotopic (exact) mass is 439 g/mol. The molecule has 1 atom stereocenters. The average molecular weight is 439 g/mol. The number of hydrogen-bond donors (Lipinski definition) is 2. The summed E-state index contributed by atoms with van der Waals surface area (Å²) in [6.45, 7) is 4.05. The normalized spacial score (nSPS) is 14.6. The molecular formula is C22H21N3O5S. The molecule has 0 saturated heterocycles. The SMILES string of the molecule is CCOC(=O)Nc1sc(NC(=O)[C@H]2COc3ccccc3O2)nc1-c1ccc(C)cc1. The van der Waals surface area contributed by atoms with Gasteiger partial charge in [0, 0.05) is 5.56 Å². The Morgan fingerprint density at radius 3 is 2.61 bits per heavy atom. The number of aryl methyl sites for hydroxylation is 1. The molecule has 1 aliphatic heterocycles. The Morgan fingerprint density at radius 2 is 1.87 bits per heavy atom. The number of amides is 2. The summed E-state index contributed by atoms with van der Waals surface area (Å²) in [5.41, 5.74) is 2.45. The zero-order valence-corrected chi connectivity index (χ0v) is 17.8. The van der Waals surface area contributed by atoms with Crippen LogP contribution in [0.3, 0.4) is 0 Å². The minimum absolute atomic E-state index is 0.0903. The molecule has 1 aliphatic rings. The smallest absolute Gasteiger partial charge is 0.412 e. The van der Waals surface area contributed by atoms with Gasteiger partial charge in [0.05, 0.1) is 6.61 Å². The maximum absolute atomic E-state index is 12.7. The molecule has 0 saturated carbocycles. The number of aromatic nitrogens is 1. The molecule has 4 rings (SSSR count). The van der Waals surface area contributed by atoms with E-state index in [1.807, 2.05) is 43.3 Å². The van der Waals surface area contributed by atoms with E-state index in [0.29, 0.717) is 27.3 Å². The Labute approximate surface area is 183 Å². The van der Waals surface area contributed by atoms with Crippen LogP contribution in [-0.2, 0) is 9.53 Å². The first kappa shape index (κ1) is 20.7. The number of benzene rings is 2. The average Bonchev–Trinajstić information content (AvgIpc) is 3.15. The van der Waals surface area contributed by atoms with Gasteiger partial charge in [-0.2, -0.15) is 0 Å². The fourth-order valence-electron chi connectivity index (χ4n) is 2.96. The number of fused-ring (bicyclic) bond motifs is 1. The van der Waals surface area contributed by atoms with Crippen molar-refractivity contribution in [2.24, 2.45) is 0 Å². The van der Waals surface area contributed by atoms with E-state index in [9.17, 15) is 9.59 Å². The predicted molar refractivity (Wildman–Crippen MR) is 118 cm³/mol. The number of para-hydroxylation sites is 2. The third-order valence-corrected chi connectivity index (χ3v) is 5.36. The lowest BCUT2D eigenvalue weighted by atomic mass is 10.1. The van der Waals surface area contributed by atoms with E-state index in [1.54, 1.807) is 19.1 Å². The molecule has 3 aromatic rings. The van der Waals surface area contributed by atoms with E-state index in [2.05, 4.69) is 15.6 Å². The van der Waals surface area contributed by atoms with E-state index in [4.69, 9.17) is 14.2 Å². The first-order valence-electron chi connectivity index (χ1n) is 9.74. The molecule has 2 amide bonds. The maximum atomic E-state index is 12.7. The van der Waals surface area contributed by atoms with Crippen LogP contribution in [0.5, 0.6) is 11.5 Å². The van der Waals surface area contributed by atoms with Crippen LogP contribution in [0.15, 0.2) is 48.5 Å². The van der Waals surface area contributed by atoms with Crippen LogP contribution in [0.4, 0.5) is 14.9 Å². The van der Waals surface area contributed by atoms with Crippen LogP contribution in [0.2, 0.25) is 0 Å². The minimum atomic E-state index is -0.817. The van der Waals surface area contributed by atoms with E-state index in [-0.39, 0.29) is 19.1 Å². The Bertz CT molecular complexity index is 1100. The lowest BCUT2D eigenvalue weighted by Gasteiger charge is -2.25. The van der Waals surface area contributed by atoms with Crippen molar-refractivity contribution < 1.29 is 23.8 Å². The van der Waals surface area contributed by atoms with E-state index in [1.165, 1.54) is 0 Å². The van der Waals surface area contributed by atoms with Crippen LogP contribution in [0.1, 0.15) is 12.5 Å². The number of nitrogens with zero attached hydrogens (tertiary/aromatic N) is 1. The van der Waals surface area contributed by atoms with Crippen molar-refractivity contribution in [1.82, 2.24) is 4.98 Å². The molecule has 160 valence electrons. The zero-order chi connectivity index (χ0) is 21.8. The van der Waals surface area contributed by atoms with Gasteiger partial charge in [-0.15, -0.1) is 0 Å². The number of hydrogen-bond acceptors (Lipinski definition) is 7. The van der Waals surface area contributed by atoms with E-state index in [0.717, 1.165) is 22.5 Å². The van der Waals surface area contributed by atoms with Gasteiger partial charge in [-0.25, -0.2) is 9.78 Å². The molecule has 1 aromatic heterocycles. The summed E-state index contributed by atoms with van der Waals surface area (Å²) >= 11 is 1.14. The summed E-state index contributed by atoms with van der Waals surface area (Å²) < 4.78 is 16.3. The molecule has 9 heteroatoms. The Hall–Kier alpha value is -3.59. The van der Waals surface area contributed by atoms with E-state index >= 15 is 0 Å². The summed E-state index contributed by atoms with van der Waals surface area (Å²) in [6, 6.07) is 14.9. The molecule has 0 spiro atoms. The van der Waals surface area contributed by atoms with Gasteiger partial charge in [0.1, 0.15) is 17.3 Å². The van der Waals surface area contributed by atoms with Crippen molar-refractivity contribution in [3.05, 3.63) is 54.1 Å². The quantitative estimate of drug-likeness (QED) is 0.609. The summed E-state index contributed by atoms with van der Waals surface area (Å²) in [7, 11) is 0. The molecule has 0 radical (unpaired) electrons. The van der Waals surface area contributed by atoms with Crippen LogP contribution in [-0.4, -0.2) is 36.3 Å². The number of rotatable bonds is 5. The molecule has 2 aromatic carbocycles. The van der Waals surface area contributed by atoms with Crippen molar-refractivity contribution in [1.29, 1.82) is 0 Å². The van der Waals surface area contributed by atoms with Crippen LogP contribution in [0.25, 0.3) is 11.3 Å². The molecular weight excluding hydrogens is 418 g/mol. The number of carbonyl (C=O) groups excluding carboxylic acids is 2. The fourth-order valence-corrected chi connectivity index (χ4v) is 3.84. The first-order chi connectivity index (χ1) is 15.0. The number of nitrogens with one attached hydrogen (secondary N) is 2. The Balaban J connectivity index is 1.54. The molecule has 0 fully saturated rings. The number of anilines is 2. The highest BCUT2D eigenvalue weighted by atomic mass is 32.1. The number of thiazole rings is 1. The number of ether oxygens (including phenoxy) is 3. The van der Waals surface area contributed by atoms with Crippen LogP contribution < -0.4 is 20.1 Å². The van der Waals surface area contributed by atoms with Gasteiger partial charge < -0.3 is 14.2 Å². The predicted octanol–water partition coefficient (Wildman–Crippen LogP) is 4.47. The summed E-state index contributed by atoms with van der Waals surface area (Å²) in [5.74, 6) is 0.725. The third kappa shape index (κ3) is 4.77. The molecule has 2 N–H and O–H groups in total. The summed E-state index contributed by atoms with van der Waals surface area (Å²) in [5, 5.41) is 6.26. The lowest BCUT2D eigenvalue weighted by Crippen LogP contribution is -2.40. The van der Waals surface area contributed by atoms with Gasteiger partial charge in [-0.3, -0.25) is 15.4 Å². The number of carbonyl (C=O) groups is 2. The molecule has 0 bridgehead atoms.